The average molecular weight is 383 g/mol. The zero-order valence-corrected chi connectivity index (χ0v) is 15.3. The molecule has 0 saturated carbocycles. The fraction of sp³-hybridized carbons (Fsp3) is 0.167. The number of aromatic nitrogens is 6. The molecule has 0 aliphatic carbocycles. The van der Waals surface area contributed by atoms with Crippen LogP contribution in [0.25, 0.3) is 22.8 Å². The van der Waals surface area contributed by atoms with Gasteiger partial charge >= 0.3 is 6.01 Å². The van der Waals surface area contributed by atoms with Gasteiger partial charge in [-0.05, 0) is 37.3 Å². The monoisotopic (exact) mass is 382 g/mol. The van der Waals surface area contributed by atoms with Gasteiger partial charge in [-0.1, -0.05) is 27.9 Å². The molecule has 0 N–H and O–H groups in total. The predicted molar refractivity (Wildman–Crippen MR) is 98.0 cm³/mol. The molecule has 0 amide bonds. The summed E-state index contributed by atoms with van der Waals surface area (Å²) in [6.07, 6.45) is 2.94. The van der Waals surface area contributed by atoms with Crippen LogP contribution in [-0.2, 0) is 7.05 Å². The van der Waals surface area contributed by atoms with Gasteiger partial charge < -0.3 is 9.26 Å². The van der Waals surface area contributed by atoms with Gasteiger partial charge in [0.05, 0.1) is 0 Å². The molecule has 8 nitrogen and oxygen atoms in total. The maximum atomic E-state index is 6.00. The van der Waals surface area contributed by atoms with Gasteiger partial charge in [-0.25, -0.2) is 0 Å². The molecule has 136 valence electrons. The second-order valence-electron chi connectivity index (χ2n) is 5.84. The Morgan fingerprint density at radius 3 is 2.78 bits per heavy atom. The molecular weight excluding hydrogens is 368 g/mol. The van der Waals surface area contributed by atoms with Crippen LogP contribution in [-0.4, -0.2) is 29.9 Å². The minimum absolute atomic E-state index is 0.343. The first-order valence-electron chi connectivity index (χ1n) is 8.18. The van der Waals surface area contributed by atoms with Crippen LogP contribution in [0.5, 0.6) is 6.01 Å². The van der Waals surface area contributed by atoms with Crippen molar-refractivity contribution in [1.82, 2.24) is 29.9 Å². The highest BCUT2D eigenvalue weighted by Gasteiger charge is 2.20. The molecule has 0 fully saturated rings. The zero-order valence-electron chi connectivity index (χ0n) is 14.6. The van der Waals surface area contributed by atoms with E-state index < -0.39 is 6.10 Å². The molecule has 0 bridgehead atoms. The van der Waals surface area contributed by atoms with Crippen molar-refractivity contribution in [2.24, 2.45) is 7.05 Å². The number of rotatable bonds is 5. The number of benzene rings is 1. The average Bonchev–Trinajstić information content (AvgIpc) is 3.31. The molecule has 9 heteroatoms. The molecule has 3 heterocycles. The van der Waals surface area contributed by atoms with Crippen molar-refractivity contribution < 1.29 is 9.26 Å². The summed E-state index contributed by atoms with van der Waals surface area (Å²) in [7, 11) is 1.82. The maximum Gasteiger partial charge on any atom is 0.317 e. The lowest BCUT2D eigenvalue weighted by molar-refractivity contribution is 0.186. The molecule has 0 aliphatic heterocycles. The number of hydrogen-bond acceptors (Lipinski definition) is 7. The van der Waals surface area contributed by atoms with Crippen molar-refractivity contribution in [2.75, 3.05) is 0 Å². The first-order chi connectivity index (χ1) is 13.1. The van der Waals surface area contributed by atoms with Crippen molar-refractivity contribution in [3.63, 3.8) is 0 Å². The lowest BCUT2D eigenvalue weighted by Gasteiger charge is -2.10. The Hall–Kier alpha value is -3.26. The molecule has 0 spiro atoms. The topological polar surface area (TPSA) is 91.8 Å². The molecule has 0 aliphatic rings. The van der Waals surface area contributed by atoms with E-state index in [1.54, 1.807) is 29.1 Å². The standard InChI is InChI=1S/C18H15ClN6O2/c1-11(15-21-17(27-24-15)12-5-3-7-14(19)9-12)26-18-23-22-16(25(18)2)13-6-4-8-20-10-13/h3-11H,1-2H3/t11-/m1/s1. The fourth-order valence-corrected chi connectivity index (χ4v) is 2.70. The minimum Gasteiger partial charge on any atom is -0.452 e. The summed E-state index contributed by atoms with van der Waals surface area (Å²) in [6.45, 7) is 1.81. The number of nitrogens with zero attached hydrogens (tertiary/aromatic N) is 6. The summed E-state index contributed by atoms with van der Waals surface area (Å²) in [5, 5.41) is 12.8. The summed E-state index contributed by atoms with van der Waals surface area (Å²) in [5.74, 6) is 1.42. The van der Waals surface area contributed by atoms with Crippen LogP contribution in [0, 0.1) is 0 Å². The first-order valence-corrected chi connectivity index (χ1v) is 8.55. The van der Waals surface area contributed by atoms with Crippen LogP contribution in [0.2, 0.25) is 5.02 Å². The van der Waals surface area contributed by atoms with Crippen molar-refractivity contribution >= 4 is 11.6 Å². The maximum absolute atomic E-state index is 6.00. The van der Waals surface area contributed by atoms with E-state index in [9.17, 15) is 0 Å². The van der Waals surface area contributed by atoms with Gasteiger partial charge in [0.25, 0.3) is 5.89 Å². The van der Waals surface area contributed by atoms with E-state index in [-0.39, 0.29) is 0 Å². The van der Waals surface area contributed by atoms with Crippen LogP contribution in [0.4, 0.5) is 0 Å². The van der Waals surface area contributed by atoms with Crippen molar-refractivity contribution in [3.8, 4) is 28.9 Å². The Morgan fingerprint density at radius 1 is 1.15 bits per heavy atom. The second-order valence-corrected chi connectivity index (χ2v) is 6.27. The molecule has 4 rings (SSSR count). The van der Waals surface area contributed by atoms with Crippen molar-refractivity contribution in [1.29, 1.82) is 0 Å². The van der Waals surface area contributed by atoms with E-state index >= 15 is 0 Å². The van der Waals surface area contributed by atoms with Crippen molar-refractivity contribution in [3.05, 3.63) is 59.6 Å². The highest BCUT2D eigenvalue weighted by atomic mass is 35.5. The van der Waals surface area contributed by atoms with Crippen LogP contribution >= 0.6 is 11.6 Å². The molecular formula is C18H15ClN6O2. The van der Waals surface area contributed by atoms with Crippen LogP contribution in [0.3, 0.4) is 0 Å². The number of pyridine rings is 1. The molecule has 27 heavy (non-hydrogen) atoms. The lowest BCUT2D eigenvalue weighted by atomic mass is 10.2. The Bertz CT molecular complexity index is 1060. The molecule has 0 saturated heterocycles. The van der Waals surface area contributed by atoms with Gasteiger partial charge in [0.15, 0.2) is 11.9 Å². The predicted octanol–water partition coefficient (Wildman–Crippen LogP) is 3.72. The normalized spacial score (nSPS) is 12.1. The molecule has 0 unspecified atom stereocenters. The van der Waals surface area contributed by atoms with Gasteiger partial charge in [0.1, 0.15) is 0 Å². The molecule has 3 aromatic heterocycles. The Labute approximate surface area is 159 Å². The third-order valence-corrected chi connectivity index (χ3v) is 4.15. The summed E-state index contributed by atoms with van der Waals surface area (Å²) in [5.41, 5.74) is 1.59. The summed E-state index contributed by atoms with van der Waals surface area (Å²) < 4.78 is 12.9. The Balaban J connectivity index is 1.53. The van der Waals surface area contributed by atoms with E-state index in [2.05, 4.69) is 25.3 Å². The largest absolute Gasteiger partial charge is 0.452 e. The van der Waals surface area contributed by atoms with Gasteiger partial charge in [0.2, 0.25) is 5.82 Å². The van der Waals surface area contributed by atoms with Crippen LogP contribution in [0.15, 0.2) is 53.3 Å². The molecule has 0 radical (unpaired) electrons. The third-order valence-electron chi connectivity index (χ3n) is 3.91. The van der Waals surface area contributed by atoms with E-state index in [0.29, 0.717) is 28.6 Å². The van der Waals surface area contributed by atoms with Crippen LogP contribution in [0.1, 0.15) is 18.9 Å². The van der Waals surface area contributed by atoms with E-state index in [0.717, 1.165) is 11.1 Å². The van der Waals surface area contributed by atoms with E-state index in [4.69, 9.17) is 20.9 Å². The lowest BCUT2D eigenvalue weighted by Crippen LogP contribution is -2.08. The third kappa shape index (κ3) is 3.52. The molecule has 4 aromatic rings. The van der Waals surface area contributed by atoms with Gasteiger partial charge in [-0.3, -0.25) is 9.55 Å². The summed E-state index contributed by atoms with van der Waals surface area (Å²) >= 11 is 6.00. The minimum atomic E-state index is -0.480. The fourth-order valence-electron chi connectivity index (χ4n) is 2.51. The van der Waals surface area contributed by atoms with E-state index in [1.807, 2.05) is 38.2 Å². The van der Waals surface area contributed by atoms with Gasteiger partial charge in [0, 0.05) is 35.6 Å². The number of hydrogen-bond donors (Lipinski definition) is 0. The SMILES string of the molecule is C[C@@H](Oc1nnc(-c2cccnc2)n1C)c1noc(-c2cccc(Cl)c2)n1. The quantitative estimate of drug-likeness (QED) is 0.519. The summed E-state index contributed by atoms with van der Waals surface area (Å²) in [6, 6.07) is 11.3. The Kier molecular flexibility index (Phi) is 4.55. The van der Waals surface area contributed by atoms with E-state index in [1.165, 1.54) is 0 Å². The molecule has 1 atom stereocenters. The summed E-state index contributed by atoms with van der Waals surface area (Å²) in [4.78, 5) is 8.48. The van der Waals surface area contributed by atoms with Gasteiger partial charge in [-0.2, -0.15) is 4.98 Å². The number of halogens is 1. The van der Waals surface area contributed by atoms with Crippen molar-refractivity contribution in [2.45, 2.75) is 13.0 Å². The number of ether oxygens (including phenoxy) is 1. The highest BCUT2D eigenvalue weighted by Crippen LogP contribution is 2.25. The van der Waals surface area contributed by atoms with Gasteiger partial charge in [-0.15, -0.1) is 5.10 Å². The first kappa shape index (κ1) is 17.2. The van der Waals surface area contributed by atoms with Crippen LogP contribution < -0.4 is 4.74 Å². The zero-order chi connectivity index (χ0) is 18.8. The second kappa shape index (κ2) is 7.16. The Morgan fingerprint density at radius 2 is 2.00 bits per heavy atom. The highest BCUT2D eigenvalue weighted by molar-refractivity contribution is 6.30. The molecule has 1 aromatic carbocycles. The smallest absolute Gasteiger partial charge is 0.317 e.